The van der Waals surface area contributed by atoms with Gasteiger partial charge >= 0.3 is 6.09 Å². The quantitative estimate of drug-likeness (QED) is 0.440. The average molecular weight is 608 g/mol. The van der Waals surface area contributed by atoms with Gasteiger partial charge < -0.3 is 24.0 Å². The largest absolute Gasteiger partial charge is 0.442 e. The molecule has 5 saturated heterocycles. The number of ether oxygens (including phenoxy) is 3. The fourth-order valence-corrected chi connectivity index (χ4v) is 8.62. The number of likely N-dealkylation sites (tertiary alicyclic amines) is 2. The Hall–Kier alpha value is -2.74. The van der Waals surface area contributed by atoms with Crippen LogP contribution in [0, 0.1) is 42.9 Å². The number of pyridine rings is 1. The van der Waals surface area contributed by atoms with Crippen molar-refractivity contribution in [2.45, 2.75) is 96.5 Å². The zero-order valence-electron chi connectivity index (χ0n) is 27.0. The lowest BCUT2D eigenvalue weighted by Crippen LogP contribution is -2.64. The molecule has 4 atom stereocenters. The maximum absolute atomic E-state index is 13.5. The Morgan fingerprint density at radius 2 is 1.89 bits per heavy atom. The second-order valence-electron chi connectivity index (χ2n) is 14.1. The van der Waals surface area contributed by atoms with E-state index in [0.29, 0.717) is 60.9 Å². The first kappa shape index (κ1) is 31.3. The molecule has 0 radical (unpaired) electrons. The minimum atomic E-state index is -0.394. The van der Waals surface area contributed by atoms with Gasteiger partial charge in [0.25, 0.3) is 5.91 Å². The third-order valence-corrected chi connectivity index (χ3v) is 11.5. The topological polar surface area (TPSA) is 108 Å². The Labute approximate surface area is 262 Å². The molecule has 10 heteroatoms. The summed E-state index contributed by atoms with van der Waals surface area (Å²) in [5.41, 5.74) is 2.00. The van der Waals surface area contributed by atoms with E-state index in [1.54, 1.807) is 6.07 Å². The van der Waals surface area contributed by atoms with Crippen LogP contribution >= 0.6 is 0 Å². The molecule has 0 saturated carbocycles. The smallest absolute Gasteiger partial charge is 0.410 e. The number of hydrogen-bond acceptors (Lipinski definition) is 8. The monoisotopic (exact) mass is 607 g/mol. The van der Waals surface area contributed by atoms with Gasteiger partial charge in [0, 0.05) is 75.4 Å². The van der Waals surface area contributed by atoms with Crippen molar-refractivity contribution in [1.82, 2.24) is 19.7 Å². The first-order valence-electron chi connectivity index (χ1n) is 16.8. The van der Waals surface area contributed by atoms with Crippen LogP contribution < -0.4 is 0 Å². The Balaban J connectivity index is 1.07. The van der Waals surface area contributed by atoms with Crippen LogP contribution in [0.25, 0.3) is 0 Å². The lowest BCUT2D eigenvalue weighted by Gasteiger charge is -2.55. The lowest BCUT2D eigenvalue weighted by molar-refractivity contribution is -0.134. The molecule has 1 spiro atoms. The summed E-state index contributed by atoms with van der Waals surface area (Å²) in [7, 11) is 0. The van der Waals surface area contributed by atoms with Crippen molar-refractivity contribution in [2.75, 3.05) is 52.5 Å². The normalized spacial score (nSPS) is 29.8. The zero-order chi connectivity index (χ0) is 31.1. The van der Waals surface area contributed by atoms with E-state index >= 15 is 0 Å². The third-order valence-electron chi connectivity index (χ3n) is 11.5. The van der Waals surface area contributed by atoms with E-state index < -0.39 is 5.60 Å². The number of carbonyl (C=O) groups excluding carboxylic acids is 2. The minimum Gasteiger partial charge on any atom is -0.442 e. The van der Waals surface area contributed by atoms with Crippen LogP contribution in [-0.2, 0) is 14.2 Å². The fourth-order valence-electron chi connectivity index (χ4n) is 8.62. The second-order valence-corrected chi connectivity index (χ2v) is 14.1. The summed E-state index contributed by atoms with van der Waals surface area (Å²) in [6.07, 6.45) is 7.62. The molecule has 5 aliphatic rings. The number of hydrogen-bond donors (Lipinski definition) is 0. The van der Waals surface area contributed by atoms with E-state index in [9.17, 15) is 14.9 Å². The van der Waals surface area contributed by atoms with Gasteiger partial charge in [-0.1, -0.05) is 19.8 Å². The van der Waals surface area contributed by atoms with E-state index in [2.05, 4.69) is 29.8 Å². The standard InChI is InChI=1S/C34H49N5O5/c1-5-6-7-26-21-38(20-25-22-43-31-28(25)8-17-42-31)32(41)44-34(26)11-15-39(16-12-34)33(4)9-13-37(14-10-33)30(40)29-23(2)18-27(19-35)36-24(29)3/h18,25-26,28,31H,5-17,20-22H2,1-4H3/t25?,26-,28?,31?/m0/s1. The number of aryl methyl sites for hydroxylation is 2. The molecule has 3 unspecified atom stereocenters. The first-order valence-corrected chi connectivity index (χ1v) is 16.8. The number of rotatable bonds is 7. The van der Waals surface area contributed by atoms with Crippen molar-refractivity contribution in [1.29, 1.82) is 5.26 Å². The minimum absolute atomic E-state index is 0.00259. The number of nitriles is 1. The van der Waals surface area contributed by atoms with Gasteiger partial charge in [-0.25, -0.2) is 9.78 Å². The SMILES string of the molecule is CCCC[C@H]1CN(CC2COC3OCCC23)C(=O)OC12CCN(C1(C)CCN(C(=O)c3c(C)cc(C#N)nc3C)CC1)CC2. The first-order chi connectivity index (χ1) is 21.2. The highest BCUT2D eigenvalue weighted by atomic mass is 16.7. The van der Waals surface area contributed by atoms with E-state index in [-0.39, 0.29) is 23.8 Å². The molecule has 0 bridgehead atoms. The highest BCUT2D eigenvalue weighted by Crippen LogP contribution is 2.44. The van der Waals surface area contributed by atoms with Crippen LogP contribution in [0.1, 0.15) is 92.5 Å². The van der Waals surface area contributed by atoms with Crippen molar-refractivity contribution in [3.05, 3.63) is 28.6 Å². The fraction of sp³-hybridized carbons (Fsp3) is 0.765. The van der Waals surface area contributed by atoms with Gasteiger partial charge in [0.1, 0.15) is 17.4 Å². The summed E-state index contributed by atoms with van der Waals surface area (Å²) in [6, 6.07) is 3.78. The van der Waals surface area contributed by atoms with Gasteiger partial charge in [0.05, 0.1) is 24.5 Å². The number of carbonyl (C=O) groups is 2. The van der Waals surface area contributed by atoms with Crippen LogP contribution in [0.5, 0.6) is 0 Å². The molecule has 1 aromatic heterocycles. The molecule has 240 valence electrons. The van der Waals surface area contributed by atoms with Crippen molar-refractivity contribution >= 4 is 12.0 Å². The number of aromatic nitrogens is 1. The maximum Gasteiger partial charge on any atom is 0.410 e. The van der Waals surface area contributed by atoms with Gasteiger partial charge in [-0.05, 0) is 58.1 Å². The van der Waals surface area contributed by atoms with Gasteiger partial charge in [0.2, 0.25) is 0 Å². The summed E-state index contributed by atoms with van der Waals surface area (Å²) in [6.45, 7) is 14.3. The Kier molecular flexibility index (Phi) is 8.93. The van der Waals surface area contributed by atoms with Crippen molar-refractivity contribution in [3.63, 3.8) is 0 Å². The average Bonchev–Trinajstić information content (AvgIpc) is 3.63. The van der Waals surface area contributed by atoms with Crippen LogP contribution in [0.2, 0.25) is 0 Å². The molecule has 0 N–H and O–H groups in total. The molecule has 0 aromatic carbocycles. The molecule has 6 heterocycles. The zero-order valence-corrected chi connectivity index (χ0v) is 27.0. The predicted octanol–water partition coefficient (Wildman–Crippen LogP) is 4.67. The second kappa shape index (κ2) is 12.6. The third kappa shape index (κ3) is 5.83. The number of amides is 2. The van der Waals surface area contributed by atoms with Crippen LogP contribution in [0.15, 0.2) is 6.07 Å². The van der Waals surface area contributed by atoms with Crippen LogP contribution in [-0.4, -0.2) is 102 Å². The number of fused-ring (bicyclic) bond motifs is 1. The number of unbranched alkanes of at least 4 members (excludes halogenated alkanes) is 1. The Morgan fingerprint density at radius 1 is 1.14 bits per heavy atom. The Morgan fingerprint density at radius 3 is 2.57 bits per heavy atom. The molecule has 44 heavy (non-hydrogen) atoms. The molecular formula is C34H49N5O5. The Bertz CT molecular complexity index is 1260. The van der Waals surface area contributed by atoms with E-state index in [1.807, 2.05) is 23.6 Å². The summed E-state index contributed by atoms with van der Waals surface area (Å²) >= 11 is 0. The van der Waals surface area contributed by atoms with Crippen molar-refractivity contribution in [3.8, 4) is 6.07 Å². The lowest BCUT2D eigenvalue weighted by atomic mass is 9.74. The van der Waals surface area contributed by atoms with Crippen LogP contribution in [0.3, 0.4) is 0 Å². The van der Waals surface area contributed by atoms with Crippen molar-refractivity contribution in [2.24, 2.45) is 17.8 Å². The summed E-state index contributed by atoms with van der Waals surface area (Å²) in [5.74, 6) is 1.04. The predicted molar refractivity (Wildman–Crippen MR) is 164 cm³/mol. The van der Waals surface area contributed by atoms with E-state index in [0.717, 1.165) is 83.2 Å². The highest BCUT2D eigenvalue weighted by molar-refractivity contribution is 5.96. The number of piperidine rings is 2. The molecule has 5 aliphatic heterocycles. The molecule has 6 rings (SSSR count). The van der Waals surface area contributed by atoms with Crippen molar-refractivity contribution < 1.29 is 23.8 Å². The van der Waals surface area contributed by atoms with Gasteiger partial charge in [-0.3, -0.25) is 9.69 Å². The number of nitrogens with zero attached hydrogens (tertiary/aromatic N) is 5. The van der Waals surface area contributed by atoms with Gasteiger partial charge in [-0.15, -0.1) is 0 Å². The molecule has 0 aliphatic carbocycles. The summed E-state index contributed by atoms with van der Waals surface area (Å²) in [5, 5.41) is 9.24. The summed E-state index contributed by atoms with van der Waals surface area (Å²) < 4.78 is 18.1. The molecule has 10 nitrogen and oxygen atoms in total. The van der Waals surface area contributed by atoms with Crippen LogP contribution in [0.4, 0.5) is 4.79 Å². The van der Waals surface area contributed by atoms with Gasteiger partial charge in [-0.2, -0.15) is 5.26 Å². The summed E-state index contributed by atoms with van der Waals surface area (Å²) in [4.78, 5) is 37.8. The maximum atomic E-state index is 13.5. The highest BCUT2D eigenvalue weighted by Gasteiger charge is 2.52. The molecule has 1 aromatic rings. The van der Waals surface area contributed by atoms with E-state index in [4.69, 9.17) is 14.2 Å². The van der Waals surface area contributed by atoms with Gasteiger partial charge in [0.15, 0.2) is 6.29 Å². The molecule has 2 amide bonds. The van der Waals surface area contributed by atoms with E-state index in [1.165, 1.54) is 0 Å². The molecule has 5 fully saturated rings. The molecular weight excluding hydrogens is 558 g/mol.